The van der Waals surface area contributed by atoms with Crippen molar-refractivity contribution in [1.82, 2.24) is 19.9 Å². The van der Waals surface area contributed by atoms with Gasteiger partial charge in [0.2, 0.25) is 0 Å². The molecule has 1 saturated heterocycles. The number of benzene rings is 2. The number of hydrogen-bond acceptors (Lipinski definition) is 12. The maximum absolute atomic E-state index is 14.1. The Hall–Kier alpha value is -5.15. The second-order valence-electron chi connectivity index (χ2n) is 9.90. The fraction of sp³-hybridized carbons (Fsp3) is 0.200. The van der Waals surface area contributed by atoms with Gasteiger partial charge in [-0.15, -0.1) is 23.1 Å². The number of nitrogens with one attached hydrogen (secondary N) is 1. The van der Waals surface area contributed by atoms with Crippen LogP contribution in [0.3, 0.4) is 0 Å². The number of thiazole rings is 1. The van der Waals surface area contributed by atoms with E-state index in [2.05, 4.69) is 15.5 Å². The molecule has 0 spiro atoms. The van der Waals surface area contributed by atoms with Crippen LogP contribution in [0.2, 0.25) is 0 Å². The minimum atomic E-state index is -0.990. The van der Waals surface area contributed by atoms with E-state index in [1.54, 1.807) is 5.38 Å². The van der Waals surface area contributed by atoms with Gasteiger partial charge >= 0.3 is 5.97 Å². The Morgan fingerprint density at radius 1 is 1.11 bits per heavy atom. The lowest BCUT2D eigenvalue weighted by molar-refractivity contribution is -0.154. The number of carbonyl (C=O) groups excluding carboxylic acids is 3. The molecule has 6 rings (SSSR count). The van der Waals surface area contributed by atoms with E-state index in [0.29, 0.717) is 5.57 Å². The third-order valence-electron chi connectivity index (χ3n) is 7.10. The summed E-state index contributed by atoms with van der Waals surface area (Å²) >= 11 is 2.45. The molecule has 13 nitrogen and oxygen atoms in total. The molecule has 1 unspecified atom stereocenters. The van der Waals surface area contributed by atoms with E-state index in [-0.39, 0.29) is 34.5 Å². The number of nitrogens with two attached hydrogens (primary N) is 1. The molecule has 0 aliphatic carbocycles. The van der Waals surface area contributed by atoms with Crippen LogP contribution in [-0.4, -0.2) is 62.4 Å². The van der Waals surface area contributed by atoms with E-state index in [9.17, 15) is 19.2 Å². The number of anilines is 1. The molecule has 45 heavy (non-hydrogen) atoms. The normalized spacial score (nSPS) is 18.0. The zero-order valence-electron chi connectivity index (χ0n) is 23.7. The molecule has 0 radical (unpaired) electrons. The van der Waals surface area contributed by atoms with Gasteiger partial charge in [-0.3, -0.25) is 19.3 Å². The number of ether oxygens (including phenoxy) is 1. The molecule has 230 valence electrons. The standard InChI is InChI=1S/C30H26N6O7S2/c1-41-34-22(20-16-45-30(31)32-20)26(38)33-23-27(39)36-24(19(15-44-28(23)36)14-35-21(37)12-13-42-35)29(40)43-25(17-8-4-2-5-9-17)18-10-6-3-7-11-18/h2-13,16,23,25,28H,14-15H2,1H3,(H2,31,32)(H,33,38)/b34-22-/t23?,28-/m1/s1. The number of hydrogen-bond donors (Lipinski definition) is 2. The van der Waals surface area contributed by atoms with Crippen LogP contribution in [-0.2, 0) is 30.5 Å². The van der Waals surface area contributed by atoms with E-state index >= 15 is 0 Å². The lowest BCUT2D eigenvalue weighted by atomic mass is 10.0. The summed E-state index contributed by atoms with van der Waals surface area (Å²) in [5.74, 6) is -1.75. The monoisotopic (exact) mass is 646 g/mol. The van der Waals surface area contributed by atoms with Crippen LogP contribution in [0.15, 0.2) is 104 Å². The van der Waals surface area contributed by atoms with E-state index in [1.165, 1.54) is 36.1 Å². The van der Waals surface area contributed by atoms with Crippen molar-refractivity contribution in [2.24, 2.45) is 5.16 Å². The molecule has 2 aromatic carbocycles. The van der Waals surface area contributed by atoms with Gasteiger partial charge in [-0.1, -0.05) is 65.8 Å². The Balaban J connectivity index is 1.31. The molecular weight excluding hydrogens is 620 g/mol. The summed E-state index contributed by atoms with van der Waals surface area (Å²) in [6, 6.07) is 18.7. The van der Waals surface area contributed by atoms with E-state index in [4.69, 9.17) is 19.8 Å². The Morgan fingerprint density at radius 3 is 2.38 bits per heavy atom. The number of thioether (sulfide) groups is 1. The average molecular weight is 647 g/mol. The highest BCUT2D eigenvalue weighted by Crippen LogP contribution is 2.42. The van der Waals surface area contributed by atoms with Crippen LogP contribution >= 0.6 is 23.1 Å². The Kier molecular flexibility index (Phi) is 8.53. The Morgan fingerprint density at radius 2 is 1.80 bits per heavy atom. The summed E-state index contributed by atoms with van der Waals surface area (Å²) in [7, 11) is 1.28. The van der Waals surface area contributed by atoms with Crippen molar-refractivity contribution in [2.75, 3.05) is 18.6 Å². The largest absolute Gasteiger partial charge is 0.448 e. The van der Waals surface area contributed by atoms with Crippen LogP contribution in [0.1, 0.15) is 22.9 Å². The Bertz CT molecular complexity index is 1810. The lowest BCUT2D eigenvalue weighted by Crippen LogP contribution is -2.71. The van der Waals surface area contributed by atoms with E-state index in [0.717, 1.165) is 27.2 Å². The van der Waals surface area contributed by atoms with Gasteiger partial charge in [0, 0.05) is 17.2 Å². The van der Waals surface area contributed by atoms with E-state index in [1.807, 2.05) is 60.7 Å². The number of nitrogens with zero attached hydrogens (tertiary/aromatic N) is 4. The third-order valence-corrected chi connectivity index (χ3v) is 9.11. The van der Waals surface area contributed by atoms with Gasteiger partial charge in [-0.25, -0.2) is 9.78 Å². The molecule has 1 fully saturated rings. The fourth-order valence-electron chi connectivity index (χ4n) is 5.03. The molecule has 2 atom stereocenters. The summed E-state index contributed by atoms with van der Waals surface area (Å²) < 4.78 is 12.5. The smallest absolute Gasteiger partial charge is 0.356 e. The van der Waals surface area contributed by atoms with E-state index < -0.39 is 40.9 Å². The number of β-lactam (4-membered cyclic amide) rings is 1. The second-order valence-corrected chi connectivity index (χ2v) is 11.9. The summed E-state index contributed by atoms with van der Waals surface area (Å²) in [5.41, 5.74) is 7.27. The van der Waals surface area contributed by atoms with Crippen molar-refractivity contribution >= 4 is 51.7 Å². The second kappa shape index (κ2) is 12.8. The molecule has 2 aliphatic rings. The molecule has 4 aromatic rings. The van der Waals surface area contributed by atoms with Gasteiger partial charge in [0.05, 0.1) is 6.54 Å². The zero-order chi connectivity index (χ0) is 31.5. The SMILES string of the molecule is CO/N=C(\C(=O)NC1C(=O)N2C(C(=O)OC(c3ccccc3)c3ccccc3)=C(Cn3occc3=O)CS[C@H]12)c1csc(N)n1. The first kappa shape index (κ1) is 29.9. The van der Waals surface area contributed by atoms with Crippen LogP contribution < -0.4 is 16.6 Å². The highest BCUT2D eigenvalue weighted by atomic mass is 32.2. The number of oxime groups is 1. The number of rotatable bonds is 10. The molecule has 3 N–H and O–H groups in total. The summed E-state index contributed by atoms with van der Waals surface area (Å²) in [5, 5.41) is 7.61. The molecular formula is C30H26N6O7S2. The fourth-order valence-corrected chi connectivity index (χ4v) is 6.91. The maximum Gasteiger partial charge on any atom is 0.356 e. The predicted molar refractivity (Wildman–Crippen MR) is 166 cm³/mol. The number of esters is 1. The topological polar surface area (TPSA) is 171 Å². The maximum atomic E-state index is 14.1. The minimum Gasteiger partial charge on any atom is -0.448 e. The third kappa shape index (κ3) is 5.99. The molecule has 0 saturated carbocycles. The first-order valence-electron chi connectivity index (χ1n) is 13.6. The van der Waals surface area contributed by atoms with Crippen LogP contribution in [0.5, 0.6) is 0 Å². The Labute approximate surface area is 264 Å². The quantitative estimate of drug-likeness (QED) is 0.113. The highest BCUT2D eigenvalue weighted by Gasteiger charge is 2.55. The minimum absolute atomic E-state index is 0.00697. The van der Waals surface area contributed by atoms with Gasteiger partial charge in [0.1, 0.15) is 36.2 Å². The number of nitrogen functional groups attached to an aromatic ring is 1. The number of aromatic nitrogens is 2. The zero-order valence-corrected chi connectivity index (χ0v) is 25.3. The first-order chi connectivity index (χ1) is 21.9. The molecule has 2 aromatic heterocycles. The van der Waals surface area contributed by atoms with Crippen molar-refractivity contribution in [3.05, 3.63) is 117 Å². The molecule has 15 heteroatoms. The average Bonchev–Trinajstić information content (AvgIpc) is 3.68. The summed E-state index contributed by atoms with van der Waals surface area (Å²) in [4.78, 5) is 63.5. The van der Waals surface area contributed by atoms with Crippen LogP contribution in [0.4, 0.5) is 5.13 Å². The molecule has 0 bridgehead atoms. The first-order valence-corrected chi connectivity index (χ1v) is 15.5. The van der Waals surface area contributed by atoms with Gasteiger partial charge in [0.15, 0.2) is 16.9 Å². The molecule has 2 aliphatic heterocycles. The van der Waals surface area contributed by atoms with Crippen molar-refractivity contribution in [1.29, 1.82) is 0 Å². The van der Waals surface area contributed by atoms with Crippen molar-refractivity contribution in [3.63, 3.8) is 0 Å². The van der Waals surface area contributed by atoms with Gasteiger partial charge in [-0.05, 0) is 16.7 Å². The predicted octanol–water partition coefficient (Wildman–Crippen LogP) is 2.52. The number of amides is 2. The van der Waals surface area contributed by atoms with Gasteiger partial charge in [0.25, 0.3) is 17.4 Å². The molecule has 2 amide bonds. The van der Waals surface area contributed by atoms with Crippen molar-refractivity contribution in [3.8, 4) is 0 Å². The van der Waals surface area contributed by atoms with Gasteiger partial charge < -0.3 is 25.1 Å². The van der Waals surface area contributed by atoms with Crippen LogP contribution in [0, 0.1) is 0 Å². The van der Waals surface area contributed by atoms with Crippen molar-refractivity contribution < 1.29 is 28.5 Å². The number of fused-ring (bicyclic) bond motifs is 1. The van der Waals surface area contributed by atoms with Crippen LogP contribution in [0.25, 0.3) is 0 Å². The molecule has 4 heterocycles. The highest BCUT2D eigenvalue weighted by molar-refractivity contribution is 8.00. The number of carbonyl (C=O) groups is 3. The summed E-state index contributed by atoms with van der Waals surface area (Å²) in [6.45, 7) is -0.0754. The van der Waals surface area contributed by atoms with Crippen molar-refractivity contribution in [2.45, 2.75) is 24.1 Å². The van der Waals surface area contributed by atoms with Gasteiger partial charge in [-0.2, -0.15) is 4.74 Å². The summed E-state index contributed by atoms with van der Waals surface area (Å²) in [6.07, 6.45) is 0.467. The lowest BCUT2D eigenvalue weighted by Gasteiger charge is -2.49.